The van der Waals surface area contributed by atoms with Crippen LogP contribution < -0.4 is 9.47 Å². The Balaban J connectivity index is 3.21. The summed E-state index contributed by atoms with van der Waals surface area (Å²) >= 11 is 0. The number of hydrogen-bond donors (Lipinski definition) is 1. The summed E-state index contributed by atoms with van der Waals surface area (Å²) in [6.45, 7) is 8.75. The van der Waals surface area contributed by atoms with Crippen LogP contribution in [0.3, 0.4) is 0 Å². The number of benzene rings is 1. The van der Waals surface area contributed by atoms with Crippen LogP contribution in [0.2, 0.25) is 0 Å². The molecule has 1 aromatic carbocycles. The van der Waals surface area contributed by atoms with E-state index in [-0.39, 0.29) is 6.61 Å². The van der Waals surface area contributed by atoms with Gasteiger partial charge in [0.25, 0.3) is 0 Å². The summed E-state index contributed by atoms with van der Waals surface area (Å²) in [6.07, 6.45) is 2.51. The Labute approximate surface area is 103 Å². The standard InChI is InChI=1S/C14H20O3/c1-4-7-12-8-11(10-15)9-13(16-5-2)14(12)17-6-3/h4,8-9,15H,1,5-7,10H2,2-3H3. The highest BCUT2D eigenvalue weighted by Crippen LogP contribution is 2.33. The summed E-state index contributed by atoms with van der Waals surface area (Å²) < 4.78 is 11.2. The van der Waals surface area contributed by atoms with E-state index in [0.717, 1.165) is 16.9 Å². The molecule has 0 aliphatic rings. The first-order valence-corrected chi connectivity index (χ1v) is 5.89. The lowest BCUT2D eigenvalue weighted by molar-refractivity contribution is 0.272. The van der Waals surface area contributed by atoms with Gasteiger partial charge in [-0.3, -0.25) is 0 Å². The van der Waals surface area contributed by atoms with E-state index >= 15 is 0 Å². The van der Waals surface area contributed by atoms with E-state index in [1.807, 2.05) is 32.1 Å². The van der Waals surface area contributed by atoms with E-state index in [0.29, 0.717) is 25.4 Å². The molecule has 0 spiro atoms. The third-order valence-electron chi connectivity index (χ3n) is 2.33. The first-order valence-electron chi connectivity index (χ1n) is 5.89. The Morgan fingerprint density at radius 1 is 1.24 bits per heavy atom. The molecule has 0 aliphatic heterocycles. The molecule has 0 radical (unpaired) electrons. The van der Waals surface area contributed by atoms with Crippen LogP contribution in [0.1, 0.15) is 25.0 Å². The minimum Gasteiger partial charge on any atom is -0.490 e. The van der Waals surface area contributed by atoms with Crippen molar-refractivity contribution in [1.82, 2.24) is 0 Å². The monoisotopic (exact) mass is 236 g/mol. The average Bonchev–Trinajstić information content (AvgIpc) is 2.33. The van der Waals surface area contributed by atoms with Gasteiger partial charge in [-0.15, -0.1) is 6.58 Å². The fourth-order valence-electron chi connectivity index (χ4n) is 1.69. The quantitative estimate of drug-likeness (QED) is 0.740. The summed E-state index contributed by atoms with van der Waals surface area (Å²) in [6, 6.07) is 3.75. The average molecular weight is 236 g/mol. The van der Waals surface area contributed by atoms with Gasteiger partial charge in [-0.1, -0.05) is 6.08 Å². The zero-order valence-corrected chi connectivity index (χ0v) is 10.5. The second kappa shape index (κ2) is 6.97. The van der Waals surface area contributed by atoms with Crippen molar-refractivity contribution in [2.75, 3.05) is 13.2 Å². The summed E-state index contributed by atoms with van der Waals surface area (Å²) in [5, 5.41) is 9.22. The van der Waals surface area contributed by atoms with Gasteiger partial charge in [-0.25, -0.2) is 0 Å². The SMILES string of the molecule is C=CCc1cc(CO)cc(OCC)c1OCC. The second-order valence-electron chi connectivity index (χ2n) is 3.60. The summed E-state index contributed by atoms with van der Waals surface area (Å²) in [5.41, 5.74) is 1.82. The van der Waals surface area contributed by atoms with Crippen LogP contribution in [0.15, 0.2) is 24.8 Å². The Morgan fingerprint density at radius 3 is 2.47 bits per heavy atom. The van der Waals surface area contributed by atoms with Gasteiger partial charge >= 0.3 is 0 Å². The zero-order chi connectivity index (χ0) is 12.7. The molecule has 1 aromatic rings. The Hall–Kier alpha value is -1.48. The van der Waals surface area contributed by atoms with Gasteiger partial charge in [0.15, 0.2) is 11.5 Å². The number of aliphatic hydroxyl groups excluding tert-OH is 1. The molecule has 0 fully saturated rings. The van der Waals surface area contributed by atoms with Crippen molar-refractivity contribution in [2.24, 2.45) is 0 Å². The van der Waals surface area contributed by atoms with Gasteiger partial charge in [-0.2, -0.15) is 0 Å². The molecule has 0 aliphatic carbocycles. The molecule has 0 saturated heterocycles. The highest BCUT2D eigenvalue weighted by Gasteiger charge is 2.12. The van der Waals surface area contributed by atoms with E-state index < -0.39 is 0 Å². The molecule has 0 aromatic heterocycles. The lowest BCUT2D eigenvalue weighted by Crippen LogP contribution is -2.03. The van der Waals surface area contributed by atoms with Crippen molar-refractivity contribution in [3.05, 3.63) is 35.9 Å². The van der Waals surface area contributed by atoms with Gasteiger partial charge < -0.3 is 14.6 Å². The van der Waals surface area contributed by atoms with Crippen LogP contribution in [-0.2, 0) is 13.0 Å². The number of rotatable bonds is 7. The largest absolute Gasteiger partial charge is 0.490 e. The van der Waals surface area contributed by atoms with Crippen molar-refractivity contribution in [2.45, 2.75) is 26.9 Å². The third kappa shape index (κ3) is 3.49. The van der Waals surface area contributed by atoms with Crippen LogP contribution in [0, 0.1) is 0 Å². The molecule has 0 amide bonds. The molecule has 3 heteroatoms. The van der Waals surface area contributed by atoms with E-state index in [1.54, 1.807) is 0 Å². The first kappa shape index (κ1) is 13.6. The van der Waals surface area contributed by atoms with Gasteiger partial charge in [0.05, 0.1) is 19.8 Å². The van der Waals surface area contributed by atoms with Gasteiger partial charge in [0.2, 0.25) is 0 Å². The molecule has 17 heavy (non-hydrogen) atoms. The Bertz CT molecular complexity index is 372. The van der Waals surface area contributed by atoms with Crippen LogP contribution in [0.4, 0.5) is 0 Å². The third-order valence-corrected chi connectivity index (χ3v) is 2.33. The summed E-state index contributed by atoms with van der Waals surface area (Å²) in [4.78, 5) is 0. The van der Waals surface area contributed by atoms with E-state index in [4.69, 9.17) is 9.47 Å². The minimum absolute atomic E-state index is 0.00335. The van der Waals surface area contributed by atoms with E-state index in [9.17, 15) is 5.11 Å². The molecule has 0 bridgehead atoms. The molecule has 0 saturated carbocycles. The predicted octanol–water partition coefficient (Wildman–Crippen LogP) is 2.70. The summed E-state index contributed by atoms with van der Waals surface area (Å²) in [5.74, 6) is 1.45. The maximum atomic E-state index is 9.22. The van der Waals surface area contributed by atoms with Crippen molar-refractivity contribution in [3.63, 3.8) is 0 Å². The van der Waals surface area contributed by atoms with E-state index in [1.165, 1.54) is 0 Å². The van der Waals surface area contributed by atoms with Crippen molar-refractivity contribution >= 4 is 0 Å². The molecule has 94 valence electrons. The zero-order valence-electron chi connectivity index (χ0n) is 10.5. The Morgan fingerprint density at radius 2 is 1.94 bits per heavy atom. The number of allylic oxidation sites excluding steroid dienone is 1. The van der Waals surface area contributed by atoms with Crippen LogP contribution in [0.5, 0.6) is 11.5 Å². The second-order valence-corrected chi connectivity index (χ2v) is 3.60. The van der Waals surface area contributed by atoms with E-state index in [2.05, 4.69) is 6.58 Å². The maximum absolute atomic E-state index is 9.22. The molecule has 1 N–H and O–H groups in total. The first-order chi connectivity index (χ1) is 8.26. The highest BCUT2D eigenvalue weighted by molar-refractivity contribution is 5.50. The predicted molar refractivity (Wildman–Crippen MR) is 68.6 cm³/mol. The number of ether oxygens (including phenoxy) is 2. The van der Waals surface area contributed by atoms with Crippen LogP contribution in [-0.4, -0.2) is 18.3 Å². The Kier molecular flexibility index (Phi) is 5.57. The maximum Gasteiger partial charge on any atom is 0.164 e. The smallest absolute Gasteiger partial charge is 0.164 e. The van der Waals surface area contributed by atoms with Crippen molar-refractivity contribution in [3.8, 4) is 11.5 Å². The molecular weight excluding hydrogens is 216 g/mol. The minimum atomic E-state index is -0.00335. The topological polar surface area (TPSA) is 38.7 Å². The molecule has 0 atom stereocenters. The summed E-state index contributed by atoms with van der Waals surface area (Å²) in [7, 11) is 0. The van der Waals surface area contributed by atoms with Gasteiger partial charge in [-0.05, 0) is 38.0 Å². The lowest BCUT2D eigenvalue weighted by Gasteiger charge is -2.16. The fourth-order valence-corrected chi connectivity index (χ4v) is 1.69. The van der Waals surface area contributed by atoms with Crippen molar-refractivity contribution in [1.29, 1.82) is 0 Å². The number of hydrogen-bond acceptors (Lipinski definition) is 3. The normalized spacial score (nSPS) is 10.1. The molecular formula is C14H20O3. The van der Waals surface area contributed by atoms with Crippen LogP contribution >= 0.6 is 0 Å². The molecule has 0 heterocycles. The fraction of sp³-hybridized carbons (Fsp3) is 0.429. The van der Waals surface area contributed by atoms with Crippen LogP contribution in [0.25, 0.3) is 0 Å². The lowest BCUT2D eigenvalue weighted by atomic mass is 10.1. The molecule has 1 rings (SSSR count). The van der Waals surface area contributed by atoms with Gasteiger partial charge in [0, 0.05) is 5.56 Å². The molecule has 0 unspecified atom stereocenters. The number of aliphatic hydroxyl groups is 1. The molecule has 3 nitrogen and oxygen atoms in total. The highest BCUT2D eigenvalue weighted by atomic mass is 16.5. The van der Waals surface area contributed by atoms with Gasteiger partial charge in [0.1, 0.15) is 0 Å². The van der Waals surface area contributed by atoms with Crippen molar-refractivity contribution < 1.29 is 14.6 Å².